The number of nitrogens with one attached hydrogen (secondary N) is 1. The average Bonchev–Trinajstić information content (AvgIpc) is 3.50. The maximum Gasteiger partial charge on any atom is 0.390 e. The van der Waals surface area contributed by atoms with Crippen molar-refractivity contribution in [2.45, 2.75) is 77.6 Å². The molecule has 0 saturated heterocycles. The number of rotatable bonds is 7. The van der Waals surface area contributed by atoms with Gasteiger partial charge in [-0.1, -0.05) is 20.8 Å². The van der Waals surface area contributed by atoms with E-state index in [0.29, 0.717) is 16.9 Å². The van der Waals surface area contributed by atoms with Crippen molar-refractivity contribution in [3.63, 3.8) is 0 Å². The van der Waals surface area contributed by atoms with Crippen molar-refractivity contribution in [2.24, 2.45) is 16.3 Å². The van der Waals surface area contributed by atoms with Crippen LogP contribution in [0.15, 0.2) is 29.6 Å². The fraction of sp³-hybridized carbons (Fsp3) is 0.560. The zero-order chi connectivity index (χ0) is 29.3. The lowest BCUT2D eigenvalue weighted by Crippen LogP contribution is -2.37. The van der Waals surface area contributed by atoms with Crippen LogP contribution in [0.5, 0.6) is 0 Å². The van der Waals surface area contributed by atoms with Gasteiger partial charge in [-0.15, -0.1) is 5.10 Å². The van der Waals surface area contributed by atoms with E-state index in [0.717, 1.165) is 11.0 Å². The molecule has 1 N–H and O–H groups in total. The molecule has 0 aliphatic heterocycles. The molecule has 1 aliphatic rings. The van der Waals surface area contributed by atoms with Crippen molar-refractivity contribution in [2.75, 3.05) is 0 Å². The molecule has 0 unspecified atom stereocenters. The number of hydrogen-bond donors (Lipinski definition) is 1. The predicted molar refractivity (Wildman–Crippen MR) is 133 cm³/mol. The van der Waals surface area contributed by atoms with Gasteiger partial charge in [0.25, 0.3) is 11.8 Å². The van der Waals surface area contributed by atoms with Gasteiger partial charge in [0, 0.05) is 30.0 Å². The fourth-order valence-electron chi connectivity index (χ4n) is 4.24. The lowest BCUT2D eigenvalue weighted by molar-refractivity contribution is -0.137. The van der Waals surface area contributed by atoms with Crippen LogP contribution >= 0.6 is 0 Å². The van der Waals surface area contributed by atoms with E-state index in [1.807, 2.05) is 0 Å². The molecule has 1 aliphatic carbocycles. The maximum atomic E-state index is 13.9. The summed E-state index contributed by atoms with van der Waals surface area (Å²) in [6, 6.07) is 0.834. The summed E-state index contributed by atoms with van der Waals surface area (Å²) in [5.41, 5.74) is 0.384. The van der Waals surface area contributed by atoms with Crippen molar-refractivity contribution in [1.29, 1.82) is 0 Å². The number of carbonyl (C=O) groups excluding carboxylic acids is 2. The number of hydrogen-bond acceptors (Lipinski definition) is 6. The number of aliphatic imine (C=N–C) groups is 1. The second-order valence-corrected chi connectivity index (χ2v) is 10.9. The molecule has 1 saturated carbocycles. The van der Waals surface area contributed by atoms with Crippen LogP contribution in [0.25, 0.3) is 5.65 Å². The molecule has 0 aromatic carbocycles. The van der Waals surface area contributed by atoms with Crippen LogP contribution < -0.4 is 5.32 Å². The molecule has 0 bridgehead atoms. The lowest BCUT2D eigenvalue weighted by Gasteiger charge is -2.33. The highest BCUT2D eigenvalue weighted by Gasteiger charge is 2.39. The van der Waals surface area contributed by atoms with E-state index < -0.39 is 42.4 Å². The van der Waals surface area contributed by atoms with Gasteiger partial charge in [0.15, 0.2) is 11.3 Å². The molecule has 1 fully saturated rings. The van der Waals surface area contributed by atoms with Crippen LogP contribution in [0.4, 0.5) is 22.0 Å². The Morgan fingerprint density at radius 3 is 2.52 bits per heavy atom. The first kappa shape index (κ1) is 29.2. The minimum Gasteiger partial charge on any atom is -0.342 e. The van der Waals surface area contributed by atoms with E-state index in [-0.39, 0.29) is 43.2 Å². The van der Waals surface area contributed by atoms with Gasteiger partial charge < -0.3 is 5.32 Å². The summed E-state index contributed by atoms with van der Waals surface area (Å²) < 4.78 is 66.8. The normalized spacial score (nSPS) is 17.4. The summed E-state index contributed by atoms with van der Waals surface area (Å²) in [4.78, 5) is 34.4. The smallest absolute Gasteiger partial charge is 0.342 e. The molecular formula is C25H29F5N8O2. The van der Waals surface area contributed by atoms with E-state index in [1.54, 1.807) is 33.0 Å². The molecule has 2 amide bonds. The number of halogens is 5. The van der Waals surface area contributed by atoms with Gasteiger partial charge in [-0.25, -0.2) is 23.3 Å². The Balaban J connectivity index is 1.57. The average molecular weight is 569 g/mol. The van der Waals surface area contributed by atoms with Crippen molar-refractivity contribution in [3.05, 3.63) is 41.6 Å². The van der Waals surface area contributed by atoms with Gasteiger partial charge in [-0.05, 0) is 24.8 Å². The monoisotopic (exact) mass is 568 g/mol. The zero-order valence-corrected chi connectivity index (χ0v) is 22.1. The van der Waals surface area contributed by atoms with Crippen LogP contribution in [0.3, 0.4) is 0 Å². The summed E-state index contributed by atoms with van der Waals surface area (Å²) in [6.07, 6.45) is -0.582. The van der Waals surface area contributed by atoms with Crippen LogP contribution in [-0.2, 0) is 11.3 Å². The first-order valence-corrected chi connectivity index (χ1v) is 12.7. The molecule has 0 spiro atoms. The third-order valence-electron chi connectivity index (χ3n) is 6.54. The quantitative estimate of drug-likeness (QED) is 0.330. The lowest BCUT2D eigenvalue weighted by atomic mass is 9.81. The number of alkyl halides is 5. The molecule has 216 valence electrons. The third kappa shape index (κ3) is 7.45. The van der Waals surface area contributed by atoms with Crippen molar-refractivity contribution >= 4 is 23.7 Å². The predicted octanol–water partition coefficient (Wildman–Crippen LogP) is 4.56. The third-order valence-corrected chi connectivity index (χ3v) is 6.54. The van der Waals surface area contributed by atoms with Gasteiger partial charge >= 0.3 is 6.18 Å². The number of carbonyl (C=O) groups is 2. The van der Waals surface area contributed by atoms with E-state index in [1.165, 1.54) is 16.9 Å². The summed E-state index contributed by atoms with van der Waals surface area (Å²) >= 11 is 0. The zero-order valence-electron chi connectivity index (χ0n) is 22.1. The van der Waals surface area contributed by atoms with Crippen molar-refractivity contribution < 1.29 is 31.5 Å². The van der Waals surface area contributed by atoms with Crippen LogP contribution in [0, 0.1) is 11.3 Å². The van der Waals surface area contributed by atoms with Crippen LogP contribution in [-0.4, -0.2) is 59.7 Å². The Bertz CT molecular complexity index is 1400. The van der Waals surface area contributed by atoms with Gasteiger partial charge in [-0.3, -0.25) is 9.59 Å². The Morgan fingerprint density at radius 2 is 1.88 bits per heavy atom. The maximum absolute atomic E-state index is 13.9. The molecule has 10 nitrogen and oxygen atoms in total. The topological polar surface area (TPSA) is 119 Å². The second-order valence-electron chi connectivity index (χ2n) is 10.9. The number of aryl methyl sites for hydroxylation is 1. The highest BCUT2D eigenvalue weighted by atomic mass is 19.4. The summed E-state index contributed by atoms with van der Waals surface area (Å²) in [6.45, 7) is 4.68. The van der Waals surface area contributed by atoms with E-state index >= 15 is 0 Å². The van der Waals surface area contributed by atoms with E-state index in [2.05, 4.69) is 30.6 Å². The van der Waals surface area contributed by atoms with E-state index in [9.17, 15) is 31.5 Å². The van der Waals surface area contributed by atoms with Gasteiger partial charge in [0.05, 0.1) is 43.3 Å². The highest BCUT2D eigenvalue weighted by molar-refractivity contribution is 5.94. The number of nitrogens with zero attached hydrogens (tertiary/aromatic N) is 7. The summed E-state index contributed by atoms with van der Waals surface area (Å²) in [7, 11) is 0. The Labute approximate surface area is 226 Å². The van der Waals surface area contributed by atoms with Gasteiger partial charge in [0.2, 0.25) is 5.92 Å². The second kappa shape index (κ2) is 11.0. The molecular weight excluding hydrogens is 539 g/mol. The Morgan fingerprint density at radius 1 is 1.18 bits per heavy atom. The van der Waals surface area contributed by atoms with E-state index in [4.69, 9.17) is 0 Å². The number of amides is 2. The fourth-order valence-corrected chi connectivity index (χ4v) is 4.24. The van der Waals surface area contributed by atoms with Crippen LogP contribution in [0.2, 0.25) is 0 Å². The summed E-state index contributed by atoms with van der Waals surface area (Å²) in [5.74, 6) is -4.23. The molecule has 15 heteroatoms. The van der Waals surface area contributed by atoms with Gasteiger partial charge in [-0.2, -0.15) is 28.2 Å². The highest BCUT2D eigenvalue weighted by Crippen LogP contribution is 2.41. The molecule has 0 radical (unpaired) electrons. The first-order chi connectivity index (χ1) is 18.6. The minimum absolute atomic E-state index is 0.115. The SMILES string of the molecule is CC(C)(C)C(=O)/N=C/c1cnn2cc([C@@H](NC(=O)c3cnn(CCC(F)(F)F)n3)C3CCC(F)(F)CC3)nc2c1. The Hall–Kier alpha value is -3.78. The standard InChI is InChI=1S/C25H29F5N8O2/c1-23(2,3)22(40)31-11-15-10-19-34-18(14-37(19)32-12-15)20(16-4-6-24(26,27)7-5-16)35-21(39)17-13-33-38(36-17)9-8-25(28,29)30/h10-14,16,20H,4-9H2,1-3H3,(H,35,39)/b31-11+/t20-/m0/s1. The van der Waals surface area contributed by atoms with Gasteiger partial charge in [0.1, 0.15) is 0 Å². The molecule has 40 heavy (non-hydrogen) atoms. The largest absolute Gasteiger partial charge is 0.390 e. The number of fused-ring (bicyclic) bond motifs is 1. The molecule has 3 aromatic heterocycles. The number of imidazole rings is 1. The minimum atomic E-state index is -4.41. The molecule has 1 atom stereocenters. The Kier molecular flexibility index (Phi) is 8.04. The van der Waals surface area contributed by atoms with Crippen LogP contribution in [0.1, 0.15) is 80.7 Å². The van der Waals surface area contributed by atoms with Crippen molar-refractivity contribution in [1.82, 2.24) is 34.9 Å². The summed E-state index contributed by atoms with van der Waals surface area (Å²) in [5, 5.41) is 14.6. The number of aromatic nitrogens is 6. The van der Waals surface area contributed by atoms with Crippen molar-refractivity contribution in [3.8, 4) is 0 Å². The first-order valence-electron chi connectivity index (χ1n) is 12.7. The molecule has 3 aromatic rings. The molecule has 4 rings (SSSR count). The molecule has 3 heterocycles.